The summed E-state index contributed by atoms with van der Waals surface area (Å²) in [4.78, 5) is 35.9. The smallest absolute Gasteiger partial charge is 0.481 e. The summed E-state index contributed by atoms with van der Waals surface area (Å²) in [5.74, 6) is 3.31. The third-order valence-electron chi connectivity index (χ3n) is 4.09. The van der Waals surface area contributed by atoms with Crippen LogP contribution >= 0.6 is 11.8 Å². The highest BCUT2D eigenvalue weighted by atomic mass is 32.2. The van der Waals surface area contributed by atoms with E-state index in [1.165, 1.54) is 30.0 Å². The number of amides is 2. The van der Waals surface area contributed by atoms with Crippen LogP contribution in [0.5, 0.6) is 5.75 Å². The molecule has 2 rings (SSSR count). The van der Waals surface area contributed by atoms with Crippen LogP contribution in [0.1, 0.15) is 22.3 Å². The second kappa shape index (κ2) is 11.4. The molecular weight excluding hydrogens is 465 g/mol. The number of halogens is 3. The van der Waals surface area contributed by atoms with Gasteiger partial charge in [-0.15, -0.1) is 24.9 Å². The van der Waals surface area contributed by atoms with E-state index >= 15 is 0 Å². The molecule has 0 radical (unpaired) electrons. The predicted octanol–water partition coefficient (Wildman–Crippen LogP) is 2.37. The van der Waals surface area contributed by atoms with Gasteiger partial charge in [-0.05, 0) is 29.8 Å². The molecule has 6 N–H and O–H groups in total. The van der Waals surface area contributed by atoms with Crippen molar-refractivity contribution in [3.63, 3.8) is 0 Å². The van der Waals surface area contributed by atoms with Crippen LogP contribution in [-0.2, 0) is 16.1 Å². The average Bonchev–Trinajstić information content (AvgIpc) is 2.72. The summed E-state index contributed by atoms with van der Waals surface area (Å²) in [6.45, 7) is -0.505. The normalized spacial score (nSPS) is 11.0. The largest absolute Gasteiger partial charge is 0.573 e. The maximum absolute atomic E-state index is 12.6. The lowest BCUT2D eigenvalue weighted by atomic mass is 10.1. The van der Waals surface area contributed by atoms with E-state index in [0.717, 1.165) is 12.1 Å². The Morgan fingerprint density at radius 2 is 1.79 bits per heavy atom. The SMILES string of the molecule is Nc1c(SCCC(=O)O)cccc1C(=O)N(N)CC(=O)NCc1ccc(OC(F)(F)F)cc1. The van der Waals surface area contributed by atoms with Gasteiger partial charge in [-0.25, -0.2) is 5.84 Å². The minimum atomic E-state index is -4.80. The fourth-order valence-corrected chi connectivity index (χ4v) is 3.49. The van der Waals surface area contributed by atoms with Gasteiger partial charge in [-0.3, -0.25) is 19.4 Å². The van der Waals surface area contributed by atoms with Gasteiger partial charge in [0, 0.05) is 17.2 Å². The molecule has 0 fully saturated rings. The van der Waals surface area contributed by atoms with Crippen molar-refractivity contribution in [2.75, 3.05) is 18.0 Å². The molecule has 0 heterocycles. The molecule has 2 aromatic carbocycles. The molecule has 0 aromatic heterocycles. The number of alkyl halides is 3. The Hall–Kier alpha value is -3.45. The van der Waals surface area contributed by atoms with Crippen LogP contribution in [0.4, 0.5) is 18.9 Å². The van der Waals surface area contributed by atoms with E-state index in [1.807, 2.05) is 0 Å². The number of nitrogens with two attached hydrogens (primary N) is 2. The Morgan fingerprint density at radius 1 is 1.12 bits per heavy atom. The Labute approximate surface area is 190 Å². The Morgan fingerprint density at radius 3 is 2.39 bits per heavy atom. The number of para-hydroxylation sites is 1. The zero-order valence-corrected chi connectivity index (χ0v) is 17.9. The molecule has 0 unspecified atom stereocenters. The number of carbonyl (C=O) groups excluding carboxylic acids is 2. The van der Waals surface area contributed by atoms with Crippen LogP contribution in [0.15, 0.2) is 47.4 Å². The quantitative estimate of drug-likeness (QED) is 0.132. The van der Waals surface area contributed by atoms with Gasteiger partial charge < -0.3 is 20.9 Å². The molecule has 0 spiro atoms. The Kier molecular flexibility index (Phi) is 8.94. The highest BCUT2D eigenvalue weighted by molar-refractivity contribution is 7.99. The summed E-state index contributed by atoms with van der Waals surface area (Å²) in [5, 5.41) is 11.9. The number of nitrogen functional groups attached to an aromatic ring is 1. The summed E-state index contributed by atoms with van der Waals surface area (Å²) >= 11 is 1.17. The number of rotatable bonds is 10. The van der Waals surface area contributed by atoms with E-state index in [-0.39, 0.29) is 30.0 Å². The van der Waals surface area contributed by atoms with Crippen molar-refractivity contribution in [3.05, 3.63) is 53.6 Å². The number of hydrogen-bond donors (Lipinski definition) is 4. The van der Waals surface area contributed by atoms with Gasteiger partial charge in [0.1, 0.15) is 12.3 Å². The predicted molar refractivity (Wildman–Crippen MR) is 114 cm³/mol. The average molecular weight is 486 g/mol. The van der Waals surface area contributed by atoms with Gasteiger partial charge in [-0.1, -0.05) is 18.2 Å². The van der Waals surface area contributed by atoms with Gasteiger partial charge in [0.25, 0.3) is 5.91 Å². The van der Waals surface area contributed by atoms with Crippen LogP contribution in [-0.4, -0.2) is 46.6 Å². The molecule has 0 atom stereocenters. The lowest BCUT2D eigenvalue weighted by Crippen LogP contribution is -2.45. The van der Waals surface area contributed by atoms with Crippen molar-refractivity contribution in [3.8, 4) is 5.75 Å². The molecule has 0 saturated carbocycles. The number of carboxylic acids is 1. The summed E-state index contributed by atoms with van der Waals surface area (Å²) < 4.78 is 40.3. The maximum atomic E-state index is 12.6. The highest BCUT2D eigenvalue weighted by Gasteiger charge is 2.31. The minimum Gasteiger partial charge on any atom is -0.481 e. The van der Waals surface area contributed by atoms with Crippen molar-refractivity contribution >= 4 is 35.2 Å². The number of nitrogens with zero attached hydrogens (tertiary/aromatic N) is 1. The van der Waals surface area contributed by atoms with E-state index in [9.17, 15) is 27.6 Å². The third kappa shape index (κ3) is 8.54. The first-order chi connectivity index (χ1) is 15.5. The standard InChI is InChI=1S/C20H21F3N4O5S/c21-20(22,23)32-13-6-4-12(5-7-13)10-26-16(28)11-27(25)19(31)14-2-1-3-15(18(14)24)33-9-8-17(29)30/h1-7H,8-11,24-25H2,(H,26,28)(H,29,30). The molecule has 0 aliphatic rings. The van der Waals surface area contributed by atoms with E-state index in [1.54, 1.807) is 12.1 Å². The van der Waals surface area contributed by atoms with Gasteiger partial charge in [0.05, 0.1) is 17.7 Å². The molecule has 2 aromatic rings. The number of hydrazine groups is 1. The molecule has 2 amide bonds. The van der Waals surface area contributed by atoms with Crippen LogP contribution in [0.25, 0.3) is 0 Å². The fraction of sp³-hybridized carbons (Fsp3) is 0.250. The molecule has 0 bridgehead atoms. The van der Waals surface area contributed by atoms with E-state index in [0.29, 0.717) is 15.5 Å². The van der Waals surface area contributed by atoms with Crippen LogP contribution < -0.4 is 21.6 Å². The summed E-state index contributed by atoms with van der Waals surface area (Å²) in [7, 11) is 0. The topological polar surface area (TPSA) is 148 Å². The Balaban J connectivity index is 1.90. The maximum Gasteiger partial charge on any atom is 0.573 e. The molecule has 0 aliphatic carbocycles. The number of thioether (sulfide) groups is 1. The molecular formula is C20H21F3N4O5S. The number of ether oxygens (including phenoxy) is 1. The fourth-order valence-electron chi connectivity index (χ4n) is 2.55. The van der Waals surface area contributed by atoms with Crippen molar-refractivity contribution in [2.45, 2.75) is 24.2 Å². The zero-order valence-electron chi connectivity index (χ0n) is 17.1. The molecule has 0 aliphatic heterocycles. The summed E-state index contributed by atoms with van der Waals surface area (Å²) in [6, 6.07) is 9.54. The van der Waals surface area contributed by atoms with Gasteiger partial charge in [0.2, 0.25) is 5.91 Å². The molecule has 9 nitrogen and oxygen atoms in total. The van der Waals surface area contributed by atoms with E-state index in [4.69, 9.17) is 16.7 Å². The lowest BCUT2D eigenvalue weighted by Gasteiger charge is -2.18. The third-order valence-corrected chi connectivity index (χ3v) is 5.17. The number of aliphatic carboxylic acids is 1. The van der Waals surface area contributed by atoms with Crippen molar-refractivity contribution in [1.82, 2.24) is 10.3 Å². The monoisotopic (exact) mass is 486 g/mol. The zero-order chi connectivity index (χ0) is 24.6. The number of carboxylic acid groups (broad SMARTS) is 1. The van der Waals surface area contributed by atoms with Gasteiger partial charge in [-0.2, -0.15) is 0 Å². The van der Waals surface area contributed by atoms with Gasteiger partial charge >= 0.3 is 12.3 Å². The first kappa shape index (κ1) is 25.8. The second-order valence-corrected chi connectivity index (χ2v) is 7.75. The molecule has 0 saturated heterocycles. The highest BCUT2D eigenvalue weighted by Crippen LogP contribution is 2.29. The second-order valence-electron chi connectivity index (χ2n) is 6.61. The molecule has 13 heteroatoms. The van der Waals surface area contributed by atoms with Crippen molar-refractivity contribution < 1.29 is 37.4 Å². The first-order valence-corrected chi connectivity index (χ1v) is 10.4. The van der Waals surface area contributed by atoms with E-state index in [2.05, 4.69) is 10.1 Å². The Bertz CT molecular complexity index is 1000. The van der Waals surface area contributed by atoms with E-state index < -0.39 is 36.4 Å². The minimum absolute atomic E-state index is 0.00893. The number of carbonyl (C=O) groups is 3. The number of benzene rings is 2. The number of anilines is 1. The molecule has 33 heavy (non-hydrogen) atoms. The summed E-state index contributed by atoms with van der Waals surface area (Å²) in [5.41, 5.74) is 6.69. The first-order valence-electron chi connectivity index (χ1n) is 9.37. The van der Waals surface area contributed by atoms with Crippen molar-refractivity contribution in [2.24, 2.45) is 5.84 Å². The van der Waals surface area contributed by atoms with Crippen LogP contribution in [0, 0.1) is 0 Å². The number of hydrogen-bond acceptors (Lipinski definition) is 7. The molecule has 178 valence electrons. The van der Waals surface area contributed by atoms with Gasteiger partial charge in [0.15, 0.2) is 0 Å². The van der Waals surface area contributed by atoms with Crippen molar-refractivity contribution in [1.29, 1.82) is 0 Å². The van der Waals surface area contributed by atoms with Crippen LogP contribution in [0.3, 0.4) is 0 Å². The summed E-state index contributed by atoms with van der Waals surface area (Å²) in [6.07, 6.45) is -4.88. The number of nitrogens with one attached hydrogen (secondary N) is 1. The van der Waals surface area contributed by atoms with Crippen LogP contribution in [0.2, 0.25) is 0 Å². The lowest BCUT2D eigenvalue weighted by molar-refractivity contribution is -0.274.